The molecular weight excluding hydrogens is 262 g/mol. The summed E-state index contributed by atoms with van der Waals surface area (Å²) in [6.07, 6.45) is 6.57. The SMILES string of the molecule is CCc1nc(C2(OC)CCCC(C)C2)nc2c1CNCC2. The van der Waals surface area contributed by atoms with Crippen molar-refractivity contribution in [2.24, 2.45) is 5.92 Å². The molecule has 0 amide bonds. The van der Waals surface area contributed by atoms with Gasteiger partial charge in [-0.3, -0.25) is 0 Å². The minimum absolute atomic E-state index is 0.262. The molecule has 1 aliphatic heterocycles. The van der Waals surface area contributed by atoms with Gasteiger partial charge in [0.2, 0.25) is 0 Å². The van der Waals surface area contributed by atoms with Crippen LogP contribution in [0.25, 0.3) is 0 Å². The summed E-state index contributed by atoms with van der Waals surface area (Å²) in [6, 6.07) is 0. The zero-order valence-corrected chi connectivity index (χ0v) is 13.5. The Morgan fingerprint density at radius 3 is 2.95 bits per heavy atom. The first-order valence-electron chi connectivity index (χ1n) is 8.33. The van der Waals surface area contributed by atoms with E-state index in [4.69, 9.17) is 14.7 Å². The van der Waals surface area contributed by atoms with Gasteiger partial charge >= 0.3 is 0 Å². The maximum Gasteiger partial charge on any atom is 0.160 e. The molecule has 4 heteroatoms. The molecule has 1 N–H and O–H groups in total. The van der Waals surface area contributed by atoms with Crippen molar-refractivity contribution in [3.63, 3.8) is 0 Å². The molecule has 1 aliphatic carbocycles. The van der Waals surface area contributed by atoms with Crippen molar-refractivity contribution in [3.05, 3.63) is 22.8 Å². The predicted molar refractivity (Wildman–Crippen MR) is 83.1 cm³/mol. The molecule has 0 aromatic carbocycles. The summed E-state index contributed by atoms with van der Waals surface area (Å²) in [4.78, 5) is 9.88. The molecule has 2 heterocycles. The van der Waals surface area contributed by atoms with Gasteiger partial charge in [-0.1, -0.05) is 20.3 Å². The Balaban J connectivity index is 2.04. The van der Waals surface area contributed by atoms with E-state index >= 15 is 0 Å². The molecule has 2 aliphatic rings. The molecule has 1 aromatic heterocycles. The van der Waals surface area contributed by atoms with Crippen molar-refractivity contribution in [2.45, 2.75) is 64.5 Å². The number of aromatic nitrogens is 2. The summed E-state index contributed by atoms with van der Waals surface area (Å²) in [6.45, 7) is 6.43. The molecule has 21 heavy (non-hydrogen) atoms. The zero-order chi connectivity index (χ0) is 14.9. The molecule has 0 spiro atoms. The molecule has 4 nitrogen and oxygen atoms in total. The lowest BCUT2D eigenvalue weighted by atomic mass is 9.78. The number of ether oxygens (including phenoxy) is 1. The monoisotopic (exact) mass is 289 g/mol. The second-order valence-electron chi connectivity index (χ2n) is 6.60. The number of nitrogens with zero attached hydrogens (tertiary/aromatic N) is 2. The first kappa shape index (κ1) is 14.9. The fourth-order valence-electron chi connectivity index (χ4n) is 3.89. The van der Waals surface area contributed by atoms with Gasteiger partial charge in [-0.15, -0.1) is 0 Å². The molecule has 0 radical (unpaired) electrons. The van der Waals surface area contributed by atoms with E-state index in [-0.39, 0.29) is 5.60 Å². The van der Waals surface area contributed by atoms with Crippen LogP contribution in [0.2, 0.25) is 0 Å². The minimum atomic E-state index is -0.262. The number of hydrogen-bond donors (Lipinski definition) is 1. The molecule has 0 saturated heterocycles. The molecule has 1 saturated carbocycles. The highest BCUT2D eigenvalue weighted by molar-refractivity contribution is 5.29. The number of methoxy groups -OCH3 is 1. The first-order valence-corrected chi connectivity index (χ1v) is 8.33. The molecule has 1 aromatic rings. The Morgan fingerprint density at radius 2 is 2.24 bits per heavy atom. The highest BCUT2D eigenvalue weighted by Gasteiger charge is 2.40. The van der Waals surface area contributed by atoms with Gasteiger partial charge in [0, 0.05) is 37.9 Å². The maximum atomic E-state index is 5.99. The van der Waals surface area contributed by atoms with Gasteiger partial charge in [0.15, 0.2) is 5.82 Å². The first-order chi connectivity index (χ1) is 10.2. The molecule has 2 atom stereocenters. The minimum Gasteiger partial charge on any atom is -0.370 e. The van der Waals surface area contributed by atoms with Crippen molar-refractivity contribution in [1.29, 1.82) is 0 Å². The molecule has 3 rings (SSSR count). The van der Waals surface area contributed by atoms with Gasteiger partial charge in [-0.2, -0.15) is 0 Å². The smallest absolute Gasteiger partial charge is 0.160 e. The second kappa shape index (κ2) is 6.01. The van der Waals surface area contributed by atoms with Crippen LogP contribution in [0.5, 0.6) is 0 Å². The largest absolute Gasteiger partial charge is 0.370 e. The van der Waals surface area contributed by atoms with E-state index in [1.807, 2.05) is 7.11 Å². The van der Waals surface area contributed by atoms with E-state index in [2.05, 4.69) is 19.2 Å². The molecule has 116 valence electrons. The lowest BCUT2D eigenvalue weighted by molar-refractivity contribution is -0.0649. The van der Waals surface area contributed by atoms with Crippen molar-refractivity contribution in [1.82, 2.24) is 15.3 Å². The summed E-state index contributed by atoms with van der Waals surface area (Å²) in [5.41, 5.74) is 3.51. The summed E-state index contributed by atoms with van der Waals surface area (Å²) in [5, 5.41) is 3.43. The van der Waals surface area contributed by atoms with E-state index in [1.54, 1.807) is 0 Å². The molecule has 0 bridgehead atoms. The standard InChI is InChI=1S/C17H27N3O/c1-4-14-13-11-18-9-7-15(13)20-16(19-14)17(21-3)8-5-6-12(2)10-17/h12,18H,4-11H2,1-3H3. The van der Waals surface area contributed by atoms with Gasteiger partial charge in [0.25, 0.3) is 0 Å². The molecule has 2 unspecified atom stereocenters. The van der Waals surface area contributed by atoms with Crippen LogP contribution in [0.4, 0.5) is 0 Å². The highest BCUT2D eigenvalue weighted by Crippen LogP contribution is 2.41. The van der Waals surface area contributed by atoms with Crippen LogP contribution >= 0.6 is 0 Å². The number of aryl methyl sites for hydroxylation is 1. The van der Waals surface area contributed by atoms with Crippen LogP contribution in [-0.4, -0.2) is 23.6 Å². The van der Waals surface area contributed by atoms with Crippen LogP contribution in [0.3, 0.4) is 0 Å². The quantitative estimate of drug-likeness (QED) is 0.929. The summed E-state index contributed by atoms with van der Waals surface area (Å²) >= 11 is 0. The third-order valence-electron chi connectivity index (χ3n) is 5.11. The van der Waals surface area contributed by atoms with Gasteiger partial charge in [0.1, 0.15) is 5.60 Å². The Morgan fingerprint density at radius 1 is 1.38 bits per heavy atom. The fourth-order valence-corrected chi connectivity index (χ4v) is 3.89. The average Bonchev–Trinajstić information content (AvgIpc) is 2.53. The van der Waals surface area contributed by atoms with Crippen LogP contribution in [0.15, 0.2) is 0 Å². The van der Waals surface area contributed by atoms with E-state index in [1.165, 1.54) is 29.8 Å². The number of nitrogens with one attached hydrogen (secondary N) is 1. The average molecular weight is 289 g/mol. The van der Waals surface area contributed by atoms with Gasteiger partial charge < -0.3 is 10.1 Å². The number of hydrogen-bond acceptors (Lipinski definition) is 4. The zero-order valence-electron chi connectivity index (χ0n) is 13.5. The molecular formula is C17H27N3O. The second-order valence-corrected chi connectivity index (χ2v) is 6.60. The Kier molecular flexibility index (Phi) is 4.27. The third kappa shape index (κ3) is 2.71. The summed E-state index contributed by atoms with van der Waals surface area (Å²) in [7, 11) is 1.83. The van der Waals surface area contributed by atoms with Crippen molar-refractivity contribution < 1.29 is 4.74 Å². The van der Waals surface area contributed by atoms with E-state index in [0.717, 1.165) is 44.6 Å². The van der Waals surface area contributed by atoms with Crippen molar-refractivity contribution >= 4 is 0 Å². The van der Waals surface area contributed by atoms with E-state index in [9.17, 15) is 0 Å². The summed E-state index contributed by atoms with van der Waals surface area (Å²) < 4.78 is 5.99. The number of rotatable bonds is 3. The normalized spacial score (nSPS) is 29.2. The van der Waals surface area contributed by atoms with E-state index < -0.39 is 0 Å². The van der Waals surface area contributed by atoms with Crippen LogP contribution in [0, 0.1) is 5.92 Å². The van der Waals surface area contributed by atoms with Gasteiger partial charge in [0.05, 0.1) is 5.69 Å². The fraction of sp³-hybridized carbons (Fsp3) is 0.765. The maximum absolute atomic E-state index is 5.99. The van der Waals surface area contributed by atoms with Gasteiger partial charge in [-0.05, 0) is 31.6 Å². The summed E-state index contributed by atoms with van der Waals surface area (Å²) in [5.74, 6) is 1.62. The van der Waals surface area contributed by atoms with Crippen LogP contribution in [-0.2, 0) is 29.7 Å². The van der Waals surface area contributed by atoms with Crippen LogP contribution < -0.4 is 5.32 Å². The van der Waals surface area contributed by atoms with Crippen LogP contribution in [0.1, 0.15) is 62.3 Å². The number of fused-ring (bicyclic) bond motifs is 1. The Labute approximate surface area is 127 Å². The lowest BCUT2D eigenvalue weighted by Crippen LogP contribution is -2.38. The van der Waals surface area contributed by atoms with Gasteiger partial charge in [-0.25, -0.2) is 9.97 Å². The third-order valence-corrected chi connectivity index (χ3v) is 5.11. The predicted octanol–water partition coefficient (Wildman–Crippen LogP) is 2.74. The lowest BCUT2D eigenvalue weighted by Gasteiger charge is -2.38. The van der Waals surface area contributed by atoms with Crippen molar-refractivity contribution in [2.75, 3.05) is 13.7 Å². The highest BCUT2D eigenvalue weighted by atomic mass is 16.5. The van der Waals surface area contributed by atoms with E-state index in [0.29, 0.717) is 5.92 Å². The Hall–Kier alpha value is -1.00. The van der Waals surface area contributed by atoms with Crippen molar-refractivity contribution in [3.8, 4) is 0 Å². The Bertz CT molecular complexity index is 500. The molecule has 1 fully saturated rings. The topological polar surface area (TPSA) is 47.0 Å².